The van der Waals surface area contributed by atoms with E-state index in [1.807, 2.05) is 0 Å². The van der Waals surface area contributed by atoms with E-state index in [1.165, 1.54) is 37.7 Å². The van der Waals surface area contributed by atoms with Crippen LogP contribution in [0.1, 0.15) is 77.4 Å². The highest BCUT2D eigenvalue weighted by atomic mass is 16.7. The first kappa shape index (κ1) is 18.3. The summed E-state index contributed by atoms with van der Waals surface area (Å²) >= 11 is 0. The van der Waals surface area contributed by atoms with E-state index in [9.17, 15) is 0 Å². The maximum Gasteiger partial charge on any atom is 0.144 e. The number of hydrogen-bond donors (Lipinski definition) is 0. The highest BCUT2D eigenvalue weighted by Crippen LogP contribution is 2.45. The Morgan fingerprint density at radius 3 is 2.46 bits per heavy atom. The van der Waals surface area contributed by atoms with Crippen LogP contribution in [0.5, 0.6) is 5.75 Å². The molecule has 4 nitrogen and oxygen atoms in total. The number of benzene rings is 1. The molecule has 0 N–H and O–H groups in total. The summed E-state index contributed by atoms with van der Waals surface area (Å²) in [6.45, 7) is 8.15. The second kappa shape index (κ2) is 7.14. The van der Waals surface area contributed by atoms with Crippen LogP contribution in [0.3, 0.4) is 0 Å². The van der Waals surface area contributed by atoms with Gasteiger partial charge in [-0.25, -0.2) is 0 Å². The number of hydrogen-bond acceptors (Lipinski definition) is 4. The fraction of sp³-hybridized carbons (Fsp3) is 0.727. The van der Waals surface area contributed by atoms with E-state index in [-0.39, 0.29) is 17.4 Å². The van der Waals surface area contributed by atoms with Gasteiger partial charge >= 0.3 is 0 Å². The molecule has 4 rings (SSSR count). The molecule has 1 aromatic rings. The monoisotopic (exact) mass is 359 g/mol. The molecule has 26 heavy (non-hydrogen) atoms. The van der Waals surface area contributed by atoms with Crippen molar-refractivity contribution in [2.75, 3.05) is 13.2 Å². The normalized spacial score (nSPS) is 26.1. The summed E-state index contributed by atoms with van der Waals surface area (Å²) < 4.78 is 12.2. The third-order valence-corrected chi connectivity index (χ3v) is 6.04. The number of rotatable bonds is 6. The molecular weight excluding hydrogens is 326 g/mol. The SMILES string of the molecule is CC(ON1C(C)(C)COC12CCCCC2)c1ccc(OCC2CC2)cc1. The Bertz CT molecular complexity index is 602. The summed E-state index contributed by atoms with van der Waals surface area (Å²) in [6, 6.07) is 8.40. The van der Waals surface area contributed by atoms with Crippen molar-refractivity contribution in [1.82, 2.24) is 5.06 Å². The lowest BCUT2D eigenvalue weighted by Crippen LogP contribution is -2.53. The number of nitrogens with zero attached hydrogens (tertiary/aromatic N) is 1. The third-order valence-electron chi connectivity index (χ3n) is 6.04. The third kappa shape index (κ3) is 3.78. The Morgan fingerprint density at radius 2 is 1.81 bits per heavy atom. The van der Waals surface area contributed by atoms with Gasteiger partial charge in [0.1, 0.15) is 17.6 Å². The van der Waals surface area contributed by atoms with Gasteiger partial charge < -0.3 is 9.47 Å². The summed E-state index contributed by atoms with van der Waals surface area (Å²) in [4.78, 5) is 6.52. The van der Waals surface area contributed by atoms with Crippen molar-refractivity contribution in [3.05, 3.63) is 29.8 Å². The van der Waals surface area contributed by atoms with Crippen molar-refractivity contribution in [1.29, 1.82) is 0 Å². The Hall–Kier alpha value is -1.10. The molecule has 3 aliphatic rings. The largest absolute Gasteiger partial charge is 0.493 e. The van der Waals surface area contributed by atoms with Crippen molar-refractivity contribution in [3.8, 4) is 5.75 Å². The molecule has 4 heteroatoms. The molecule has 3 fully saturated rings. The molecular formula is C22H33NO3. The van der Waals surface area contributed by atoms with Gasteiger partial charge in [-0.1, -0.05) is 18.6 Å². The van der Waals surface area contributed by atoms with Crippen LogP contribution in [0, 0.1) is 5.92 Å². The number of hydroxylamine groups is 2. The molecule has 0 bridgehead atoms. The van der Waals surface area contributed by atoms with Gasteiger partial charge in [0.15, 0.2) is 0 Å². The predicted molar refractivity (Wildman–Crippen MR) is 102 cm³/mol. The molecule has 0 radical (unpaired) electrons. The smallest absolute Gasteiger partial charge is 0.144 e. The van der Waals surface area contributed by atoms with Crippen LogP contribution in [-0.4, -0.2) is 29.5 Å². The van der Waals surface area contributed by atoms with Crippen molar-refractivity contribution in [2.45, 2.75) is 83.1 Å². The lowest BCUT2D eigenvalue weighted by Gasteiger charge is -2.44. The van der Waals surface area contributed by atoms with Gasteiger partial charge in [-0.15, -0.1) is 5.06 Å². The Kier molecular flexibility index (Phi) is 5.02. The highest BCUT2D eigenvalue weighted by Gasteiger charge is 2.53. The molecule has 1 saturated heterocycles. The van der Waals surface area contributed by atoms with Crippen molar-refractivity contribution < 1.29 is 14.3 Å². The summed E-state index contributed by atoms with van der Waals surface area (Å²) in [6.07, 6.45) is 8.50. The van der Waals surface area contributed by atoms with Gasteiger partial charge in [0.25, 0.3) is 0 Å². The van der Waals surface area contributed by atoms with Crippen molar-refractivity contribution in [2.24, 2.45) is 5.92 Å². The fourth-order valence-corrected chi connectivity index (χ4v) is 4.22. The fourth-order valence-electron chi connectivity index (χ4n) is 4.22. The molecule has 2 saturated carbocycles. The lowest BCUT2D eigenvalue weighted by molar-refractivity contribution is -0.313. The van der Waals surface area contributed by atoms with Gasteiger partial charge in [-0.2, -0.15) is 0 Å². The Balaban J connectivity index is 1.42. The maximum atomic E-state index is 6.52. The van der Waals surface area contributed by atoms with Crippen LogP contribution in [0.25, 0.3) is 0 Å². The summed E-state index contributed by atoms with van der Waals surface area (Å²) in [7, 11) is 0. The molecule has 2 aliphatic carbocycles. The van der Waals surface area contributed by atoms with Crippen LogP contribution in [-0.2, 0) is 9.57 Å². The number of ether oxygens (including phenoxy) is 2. The van der Waals surface area contributed by atoms with E-state index >= 15 is 0 Å². The second-order valence-electron chi connectivity index (χ2n) is 8.97. The van der Waals surface area contributed by atoms with Crippen LogP contribution in [0.2, 0.25) is 0 Å². The first-order valence-corrected chi connectivity index (χ1v) is 10.3. The molecule has 1 atom stereocenters. The zero-order valence-electron chi connectivity index (χ0n) is 16.5. The zero-order valence-corrected chi connectivity index (χ0v) is 16.5. The van der Waals surface area contributed by atoms with Crippen LogP contribution in [0.4, 0.5) is 0 Å². The quantitative estimate of drug-likeness (QED) is 0.695. The molecule has 1 aliphatic heterocycles. The average Bonchev–Trinajstić information content (AvgIpc) is 3.45. The summed E-state index contributed by atoms with van der Waals surface area (Å²) in [5.74, 6) is 1.74. The van der Waals surface area contributed by atoms with Crippen LogP contribution < -0.4 is 4.74 Å². The van der Waals surface area contributed by atoms with Crippen molar-refractivity contribution >= 4 is 0 Å². The summed E-state index contributed by atoms with van der Waals surface area (Å²) in [5, 5.41) is 2.18. The summed E-state index contributed by atoms with van der Waals surface area (Å²) in [5.41, 5.74) is 0.847. The first-order valence-electron chi connectivity index (χ1n) is 10.3. The highest BCUT2D eigenvalue weighted by molar-refractivity contribution is 5.28. The molecule has 1 spiro atoms. The lowest BCUT2D eigenvalue weighted by atomic mass is 9.90. The minimum atomic E-state index is -0.233. The van der Waals surface area contributed by atoms with E-state index < -0.39 is 0 Å². The minimum absolute atomic E-state index is 0.00717. The molecule has 1 heterocycles. The minimum Gasteiger partial charge on any atom is -0.493 e. The zero-order chi connectivity index (χ0) is 18.2. The van der Waals surface area contributed by atoms with Gasteiger partial charge in [-0.05, 0) is 82.9 Å². The predicted octanol–water partition coefficient (Wildman–Crippen LogP) is 5.24. The molecule has 0 amide bonds. The van der Waals surface area contributed by atoms with E-state index in [1.54, 1.807) is 0 Å². The molecule has 1 unspecified atom stereocenters. The van der Waals surface area contributed by atoms with Crippen LogP contribution >= 0.6 is 0 Å². The van der Waals surface area contributed by atoms with Crippen LogP contribution in [0.15, 0.2) is 24.3 Å². The maximum absolute atomic E-state index is 6.52. The average molecular weight is 360 g/mol. The van der Waals surface area contributed by atoms with Gasteiger partial charge in [0.2, 0.25) is 0 Å². The van der Waals surface area contributed by atoms with E-state index in [0.717, 1.165) is 37.7 Å². The van der Waals surface area contributed by atoms with Crippen molar-refractivity contribution in [3.63, 3.8) is 0 Å². The van der Waals surface area contributed by atoms with E-state index in [2.05, 4.69) is 50.1 Å². The Labute approximate surface area is 157 Å². The van der Waals surface area contributed by atoms with Gasteiger partial charge in [-0.3, -0.25) is 4.84 Å². The molecule has 0 aromatic heterocycles. The topological polar surface area (TPSA) is 30.9 Å². The molecule has 144 valence electrons. The van der Waals surface area contributed by atoms with Gasteiger partial charge in [0.05, 0.1) is 18.8 Å². The molecule has 1 aromatic carbocycles. The first-order chi connectivity index (χ1) is 12.5. The standard InChI is InChI=1S/C22H33NO3/c1-17(19-9-11-20(12-10-19)24-15-18-7-8-18)26-23-21(2,3)16-25-22(23)13-5-4-6-14-22/h9-12,17-18H,4-8,13-16H2,1-3H3. The van der Waals surface area contributed by atoms with Gasteiger partial charge in [0, 0.05) is 0 Å². The van der Waals surface area contributed by atoms with E-state index in [4.69, 9.17) is 14.3 Å². The second-order valence-corrected chi connectivity index (χ2v) is 8.97. The van der Waals surface area contributed by atoms with E-state index in [0.29, 0.717) is 0 Å². The Morgan fingerprint density at radius 1 is 1.12 bits per heavy atom.